The van der Waals surface area contributed by atoms with Gasteiger partial charge in [0.05, 0.1) is 5.69 Å². The van der Waals surface area contributed by atoms with Crippen molar-refractivity contribution in [3.8, 4) is 5.69 Å². The van der Waals surface area contributed by atoms with E-state index in [1.165, 1.54) is 11.8 Å². The largest absolute Gasteiger partial charge is 0.479 e. The van der Waals surface area contributed by atoms with E-state index in [-0.39, 0.29) is 5.69 Å². The van der Waals surface area contributed by atoms with E-state index in [4.69, 9.17) is 0 Å². The molecule has 1 aliphatic heterocycles. The molecule has 3 rings (SSSR count). The molecule has 1 aromatic heterocycles. The summed E-state index contributed by atoms with van der Waals surface area (Å²) in [6.45, 7) is 5.90. The molecule has 1 fully saturated rings. The first kappa shape index (κ1) is 17.5. The quantitative estimate of drug-likeness (QED) is 0.876. The molecule has 7 heteroatoms. The van der Waals surface area contributed by atoms with Gasteiger partial charge in [-0.15, -0.1) is 0 Å². The number of nitrogens with zero attached hydrogens (tertiary/aromatic N) is 2. The molecule has 6 nitrogen and oxygen atoms in total. The predicted octanol–water partition coefficient (Wildman–Crippen LogP) is 2.49. The van der Waals surface area contributed by atoms with E-state index in [9.17, 15) is 14.7 Å². The molecule has 132 valence electrons. The van der Waals surface area contributed by atoms with Crippen LogP contribution in [0.4, 0.5) is 0 Å². The van der Waals surface area contributed by atoms with Crippen molar-refractivity contribution in [1.29, 1.82) is 0 Å². The van der Waals surface area contributed by atoms with Crippen LogP contribution in [0.25, 0.3) is 5.69 Å². The molecule has 2 N–H and O–H groups in total. The van der Waals surface area contributed by atoms with Gasteiger partial charge >= 0.3 is 5.97 Å². The molecular formula is C18H21N3O3S. The summed E-state index contributed by atoms with van der Waals surface area (Å²) in [7, 11) is 0. The Hall–Kier alpha value is -2.28. The fourth-order valence-electron chi connectivity index (χ4n) is 3.09. The van der Waals surface area contributed by atoms with Crippen LogP contribution in [0.15, 0.2) is 24.3 Å². The molecule has 1 atom stereocenters. The standard InChI is InChI=1S/C18H21N3O3S/c1-11-6-12(2)8-14(7-11)21-13(3)9-15(20-21)16(22)19-18(17(23)24)4-5-25-10-18/h6-9H,4-5,10H2,1-3H3,(H,19,22)(H,23,24). The Bertz CT molecular complexity index is 818. The number of amides is 1. The average molecular weight is 359 g/mol. The Morgan fingerprint density at radius 3 is 2.44 bits per heavy atom. The topological polar surface area (TPSA) is 84.2 Å². The molecule has 0 bridgehead atoms. The second kappa shape index (κ2) is 6.55. The fourth-order valence-corrected chi connectivity index (χ4v) is 4.41. The molecule has 2 heterocycles. The normalized spacial score (nSPS) is 19.8. The minimum atomic E-state index is -1.20. The highest BCUT2D eigenvalue weighted by Crippen LogP contribution is 2.28. The second-order valence-electron chi connectivity index (χ2n) is 6.57. The van der Waals surface area contributed by atoms with Crippen molar-refractivity contribution in [3.05, 3.63) is 46.8 Å². The molecule has 1 saturated heterocycles. The first-order chi connectivity index (χ1) is 11.8. The summed E-state index contributed by atoms with van der Waals surface area (Å²) in [4.78, 5) is 24.2. The molecule has 1 amide bonds. The van der Waals surface area contributed by atoms with Gasteiger partial charge in [0.15, 0.2) is 5.69 Å². The summed E-state index contributed by atoms with van der Waals surface area (Å²) in [5, 5.41) is 16.6. The Kier molecular flexibility index (Phi) is 4.60. The molecule has 0 radical (unpaired) electrons. The molecule has 0 saturated carbocycles. The van der Waals surface area contributed by atoms with Crippen LogP contribution in [0.2, 0.25) is 0 Å². The maximum Gasteiger partial charge on any atom is 0.330 e. The zero-order valence-electron chi connectivity index (χ0n) is 14.5. The number of carbonyl (C=O) groups is 2. The summed E-state index contributed by atoms with van der Waals surface area (Å²) < 4.78 is 1.71. The number of aryl methyl sites for hydroxylation is 3. The Morgan fingerprint density at radius 1 is 1.20 bits per heavy atom. The number of carbonyl (C=O) groups excluding carboxylic acids is 1. The molecule has 25 heavy (non-hydrogen) atoms. The van der Waals surface area contributed by atoms with Crippen molar-refractivity contribution >= 4 is 23.6 Å². The van der Waals surface area contributed by atoms with Crippen molar-refractivity contribution in [2.24, 2.45) is 0 Å². The number of carboxylic acids is 1. The highest BCUT2D eigenvalue weighted by molar-refractivity contribution is 7.99. The van der Waals surface area contributed by atoms with Crippen LogP contribution in [-0.2, 0) is 4.79 Å². The van der Waals surface area contributed by atoms with Crippen LogP contribution < -0.4 is 5.32 Å². The number of carboxylic acid groups (broad SMARTS) is 1. The van der Waals surface area contributed by atoms with Crippen molar-refractivity contribution in [3.63, 3.8) is 0 Å². The highest BCUT2D eigenvalue weighted by Gasteiger charge is 2.43. The lowest BCUT2D eigenvalue weighted by molar-refractivity contribution is -0.143. The summed E-state index contributed by atoms with van der Waals surface area (Å²) in [6.07, 6.45) is 0.426. The third-order valence-electron chi connectivity index (χ3n) is 4.35. The SMILES string of the molecule is Cc1cc(C)cc(-n2nc(C(=O)NC3(C(=O)O)CCSC3)cc2C)c1. The maximum atomic E-state index is 12.6. The molecule has 1 unspecified atom stereocenters. The van der Waals surface area contributed by atoms with Crippen LogP contribution in [0.3, 0.4) is 0 Å². The number of hydrogen-bond donors (Lipinski definition) is 2. The van der Waals surface area contributed by atoms with Gasteiger partial charge in [-0.1, -0.05) is 6.07 Å². The smallest absolute Gasteiger partial charge is 0.330 e. The molecular weight excluding hydrogens is 338 g/mol. The Morgan fingerprint density at radius 2 is 1.88 bits per heavy atom. The van der Waals surface area contributed by atoms with Gasteiger partial charge < -0.3 is 10.4 Å². The van der Waals surface area contributed by atoms with Crippen molar-refractivity contribution < 1.29 is 14.7 Å². The summed E-state index contributed by atoms with van der Waals surface area (Å²) >= 11 is 1.53. The summed E-state index contributed by atoms with van der Waals surface area (Å²) in [5.41, 5.74) is 2.97. The van der Waals surface area contributed by atoms with Gasteiger partial charge in [0.1, 0.15) is 5.54 Å². The van der Waals surface area contributed by atoms with Gasteiger partial charge in [-0.25, -0.2) is 9.48 Å². The van der Waals surface area contributed by atoms with Crippen molar-refractivity contribution in [2.45, 2.75) is 32.7 Å². The first-order valence-electron chi connectivity index (χ1n) is 8.10. The Balaban J connectivity index is 1.89. The zero-order valence-corrected chi connectivity index (χ0v) is 15.3. The molecule has 0 aliphatic carbocycles. The minimum absolute atomic E-state index is 0.231. The monoisotopic (exact) mass is 359 g/mol. The molecule has 1 aromatic carbocycles. The number of nitrogens with one attached hydrogen (secondary N) is 1. The molecule has 2 aromatic rings. The van der Waals surface area contributed by atoms with E-state index in [1.54, 1.807) is 10.7 Å². The van der Waals surface area contributed by atoms with Gasteiger partial charge in [0.2, 0.25) is 0 Å². The number of hydrogen-bond acceptors (Lipinski definition) is 4. The van der Waals surface area contributed by atoms with Crippen LogP contribution in [0.5, 0.6) is 0 Å². The molecule has 0 spiro atoms. The zero-order chi connectivity index (χ0) is 18.2. The maximum absolute atomic E-state index is 12.6. The first-order valence-corrected chi connectivity index (χ1v) is 9.25. The second-order valence-corrected chi connectivity index (χ2v) is 7.68. The predicted molar refractivity (Wildman–Crippen MR) is 97.6 cm³/mol. The van der Waals surface area contributed by atoms with Crippen LogP contribution in [0, 0.1) is 20.8 Å². The average Bonchev–Trinajstić information content (AvgIpc) is 3.14. The van der Waals surface area contributed by atoms with Gasteiger partial charge in [-0.05, 0) is 62.3 Å². The minimum Gasteiger partial charge on any atom is -0.479 e. The summed E-state index contributed by atoms with van der Waals surface area (Å²) in [6, 6.07) is 7.76. The van der Waals surface area contributed by atoms with E-state index in [0.29, 0.717) is 12.2 Å². The summed E-state index contributed by atoms with van der Waals surface area (Å²) in [5.74, 6) is -0.333. The van der Waals surface area contributed by atoms with Crippen LogP contribution >= 0.6 is 11.8 Å². The van der Waals surface area contributed by atoms with Gasteiger partial charge in [-0.2, -0.15) is 16.9 Å². The van der Waals surface area contributed by atoms with E-state index in [1.807, 2.05) is 32.9 Å². The lowest BCUT2D eigenvalue weighted by Crippen LogP contribution is -2.54. The van der Waals surface area contributed by atoms with Crippen molar-refractivity contribution in [2.75, 3.05) is 11.5 Å². The van der Waals surface area contributed by atoms with Crippen molar-refractivity contribution in [1.82, 2.24) is 15.1 Å². The van der Waals surface area contributed by atoms with Crippen LogP contribution in [0.1, 0.15) is 33.7 Å². The Labute approximate surface area is 150 Å². The third-order valence-corrected chi connectivity index (χ3v) is 5.54. The number of benzene rings is 1. The highest BCUT2D eigenvalue weighted by atomic mass is 32.2. The number of rotatable bonds is 4. The lowest BCUT2D eigenvalue weighted by atomic mass is 9.99. The van der Waals surface area contributed by atoms with E-state index in [2.05, 4.69) is 16.5 Å². The van der Waals surface area contributed by atoms with Gasteiger partial charge in [-0.3, -0.25) is 4.79 Å². The van der Waals surface area contributed by atoms with E-state index < -0.39 is 17.4 Å². The number of aromatic nitrogens is 2. The fraction of sp³-hybridized carbons (Fsp3) is 0.389. The third kappa shape index (κ3) is 3.42. The van der Waals surface area contributed by atoms with Gasteiger partial charge in [0.25, 0.3) is 5.91 Å². The van der Waals surface area contributed by atoms with Crippen LogP contribution in [-0.4, -0.2) is 43.8 Å². The van der Waals surface area contributed by atoms with Gasteiger partial charge in [0, 0.05) is 11.4 Å². The number of thioether (sulfide) groups is 1. The molecule has 1 aliphatic rings. The van der Waals surface area contributed by atoms with E-state index in [0.717, 1.165) is 28.3 Å². The van der Waals surface area contributed by atoms with E-state index >= 15 is 0 Å². The lowest BCUT2D eigenvalue weighted by Gasteiger charge is -2.23. The number of aliphatic carboxylic acids is 1.